The van der Waals surface area contributed by atoms with E-state index in [4.69, 9.17) is 14.7 Å². The van der Waals surface area contributed by atoms with E-state index in [-0.39, 0.29) is 6.10 Å². The molecule has 1 aliphatic heterocycles. The summed E-state index contributed by atoms with van der Waals surface area (Å²) in [6, 6.07) is 0. The van der Waals surface area contributed by atoms with Gasteiger partial charge in [-0.3, -0.25) is 0 Å². The van der Waals surface area contributed by atoms with Gasteiger partial charge in [0.15, 0.2) is 5.82 Å². The second kappa shape index (κ2) is 6.06. The van der Waals surface area contributed by atoms with E-state index in [0.717, 1.165) is 50.7 Å². The Kier molecular flexibility index (Phi) is 4.17. The summed E-state index contributed by atoms with van der Waals surface area (Å²) in [7, 11) is 2.12. The summed E-state index contributed by atoms with van der Waals surface area (Å²) < 4.78 is 5.86. The van der Waals surface area contributed by atoms with Gasteiger partial charge in [-0.2, -0.15) is 0 Å². The van der Waals surface area contributed by atoms with Crippen LogP contribution < -0.4 is 5.32 Å². The number of fused-ring (bicyclic) bond motifs is 1. The van der Waals surface area contributed by atoms with E-state index < -0.39 is 0 Å². The number of nitrogens with zero attached hydrogens (tertiary/aromatic N) is 3. The number of anilines is 1. The third-order valence-corrected chi connectivity index (χ3v) is 4.10. The molecule has 0 spiro atoms. The van der Waals surface area contributed by atoms with E-state index in [1.165, 1.54) is 24.1 Å². The lowest BCUT2D eigenvalue weighted by atomic mass is 9.96. The van der Waals surface area contributed by atoms with Crippen LogP contribution >= 0.6 is 0 Å². The number of nitrogens with one attached hydrogen (secondary N) is 1. The molecule has 0 saturated carbocycles. The van der Waals surface area contributed by atoms with Crippen LogP contribution in [0.5, 0.6) is 0 Å². The molecule has 2 aliphatic rings. The molecule has 0 aromatic carbocycles. The highest BCUT2D eigenvalue weighted by Gasteiger charge is 2.25. The van der Waals surface area contributed by atoms with Gasteiger partial charge in [0.1, 0.15) is 11.9 Å². The molecule has 110 valence electrons. The maximum absolute atomic E-state index is 5.86. The van der Waals surface area contributed by atoms with Gasteiger partial charge < -0.3 is 15.0 Å². The van der Waals surface area contributed by atoms with Gasteiger partial charge in [0, 0.05) is 30.9 Å². The molecule has 1 atom stereocenters. The van der Waals surface area contributed by atoms with Crippen LogP contribution in [0.15, 0.2) is 0 Å². The molecule has 5 nitrogen and oxygen atoms in total. The molecule has 3 rings (SSSR count). The van der Waals surface area contributed by atoms with Crippen molar-refractivity contribution in [2.24, 2.45) is 0 Å². The number of aryl methyl sites for hydroxylation is 1. The third-order valence-electron chi connectivity index (χ3n) is 4.10. The van der Waals surface area contributed by atoms with Crippen LogP contribution in [0.25, 0.3) is 0 Å². The topological polar surface area (TPSA) is 50.3 Å². The number of hydrogen-bond acceptors (Lipinski definition) is 5. The van der Waals surface area contributed by atoms with Crippen molar-refractivity contribution in [1.82, 2.24) is 14.9 Å². The van der Waals surface area contributed by atoms with E-state index in [1.54, 1.807) is 0 Å². The minimum atomic E-state index is 0.0124. The lowest BCUT2D eigenvalue weighted by Gasteiger charge is -2.30. The Labute approximate surface area is 120 Å². The summed E-state index contributed by atoms with van der Waals surface area (Å²) in [5, 5.41) is 3.41. The molecule has 2 heterocycles. The number of hydrogen-bond donors (Lipinski definition) is 1. The Morgan fingerprint density at radius 3 is 2.95 bits per heavy atom. The zero-order valence-electron chi connectivity index (χ0n) is 12.5. The molecule has 1 aromatic rings. The second-order valence-corrected chi connectivity index (χ2v) is 5.71. The van der Waals surface area contributed by atoms with Crippen molar-refractivity contribution < 1.29 is 4.74 Å². The van der Waals surface area contributed by atoms with Crippen molar-refractivity contribution in [2.75, 3.05) is 38.6 Å². The van der Waals surface area contributed by atoms with Crippen molar-refractivity contribution in [3.05, 3.63) is 17.1 Å². The number of ether oxygens (including phenoxy) is 1. The van der Waals surface area contributed by atoms with Gasteiger partial charge >= 0.3 is 0 Å². The molecule has 20 heavy (non-hydrogen) atoms. The zero-order valence-corrected chi connectivity index (χ0v) is 12.5. The zero-order chi connectivity index (χ0) is 13.9. The van der Waals surface area contributed by atoms with Gasteiger partial charge in [0.05, 0.1) is 6.61 Å². The molecule has 0 bridgehead atoms. The Morgan fingerprint density at radius 1 is 1.30 bits per heavy atom. The fourth-order valence-electron chi connectivity index (χ4n) is 3.00. The second-order valence-electron chi connectivity index (χ2n) is 5.71. The first kappa shape index (κ1) is 13.8. The lowest BCUT2D eigenvalue weighted by molar-refractivity contribution is -0.0255. The third kappa shape index (κ3) is 2.79. The number of rotatable bonds is 3. The van der Waals surface area contributed by atoms with Gasteiger partial charge in [0.2, 0.25) is 0 Å². The molecule has 1 N–H and O–H groups in total. The van der Waals surface area contributed by atoms with Crippen molar-refractivity contribution >= 4 is 5.82 Å². The van der Waals surface area contributed by atoms with Gasteiger partial charge in [-0.15, -0.1) is 0 Å². The number of morpholine rings is 1. The van der Waals surface area contributed by atoms with Crippen molar-refractivity contribution in [3.8, 4) is 0 Å². The predicted molar refractivity (Wildman–Crippen MR) is 79.0 cm³/mol. The van der Waals surface area contributed by atoms with E-state index in [1.807, 2.05) is 0 Å². The monoisotopic (exact) mass is 276 g/mol. The quantitative estimate of drug-likeness (QED) is 0.912. The summed E-state index contributed by atoms with van der Waals surface area (Å²) in [4.78, 5) is 11.9. The standard InChI is InChI=1S/C15H24N4O/c1-3-16-14-11-6-4-5-7-12(11)17-15(18-14)13-10-19(2)8-9-20-13/h13H,3-10H2,1-2H3,(H,16,17,18). The minimum absolute atomic E-state index is 0.0124. The lowest BCUT2D eigenvalue weighted by Crippen LogP contribution is -2.36. The molecule has 0 radical (unpaired) electrons. The molecule has 1 unspecified atom stereocenters. The normalized spacial score (nSPS) is 23.4. The van der Waals surface area contributed by atoms with Gasteiger partial charge in [0.25, 0.3) is 0 Å². The van der Waals surface area contributed by atoms with Gasteiger partial charge in [-0.1, -0.05) is 0 Å². The molecule has 1 aliphatic carbocycles. The summed E-state index contributed by atoms with van der Waals surface area (Å²) in [6.07, 6.45) is 4.67. The highest BCUT2D eigenvalue weighted by Crippen LogP contribution is 2.28. The van der Waals surface area contributed by atoms with Crippen LogP contribution in [0.1, 0.15) is 43.0 Å². The summed E-state index contributed by atoms with van der Waals surface area (Å²) >= 11 is 0. The molecule has 1 fully saturated rings. The van der Waals surface area contributed by atoms with E-state index >= 15 is 0 Å². The first-order chi connectivity index (χ1) is 9.78. The molecule has 5 heteroatoms. The number of aromatic nitrogens is 2. The molecule has 1 saturated heterocycles. The minimum Gasteiger partial charge on any atom is -0.370 e. The Bertz CT molecular complexity index is 477. The van der Waals surface area contributed by atoms with Crippen LogP contribution in [-0.4, -0.2) is 48.2 Å². The molecular weight excluding hydrogens is 252 g/mol. The average Bonchev–Trinajstić information content (AvgIpc) is 2.47. The average molecular weight is 276 g/mol. The van der Waals surface area contributed by atoms with Crippen molar-refractivity contribution in [2.45, 2.75) is 38.7 Å². The van der Waals surface area contributed by atoms with Crippen LogP contribution in [0, 0.1) is 0 Å². The van der Waals surface area contributed by atoms with Crippen LogP contribution in [-0.2, 0) is 17.6 Å². The van der Waals surface area contributed by atoms with E-state index in [0.29, 0.717) is 0 Å². The fourth-order valence-corrected chi connectivity index (χ4v) is 3.00. The summed E-state index contributed by atoms with van der Waals surface area (Å²) in [5.41, 5.74) is 2.56. The van der Waals surface area contributed by atoms with Crippen LogP contribution in [0.3, 0.4) is 0 Å². The maximum Gasteiger partial charge on any atom is 0.161 e. The highest BCUT2D eigenvalue weighted by molar-refractivity contribution is 5.48. The van der Waals surface area contributed by atoms with E-state index in [2.05, 4.69) is 24.2 Å². The Morgan fingerprint density at radius 2 is 2.15 bits per heavy atom. The van der Waals surface area contributed by atoms with Gasteiger partial charge in [-0.05, 0) is 39.7 Å². The maximum atomic E-state index is 5.86. The first-order valence-corrected chi connectivity index (χ1v) is 7.71. The molecular formula is C15H24N4O. The van der Waals surface area contributed by atoms with Crippen molar-refractivity contribution in [3.63, 3.8) is 0 Å². The molecule has 0 amide bonds. The fraction of sp³-hybridized carbons (Fsp3) is 0.733. The largest absolute Gasteiger partial charge is 0.370 e. The SMILES string of the molecule is CCNc1nc(C2CN(C)CCO2)nc2c1CCCC2. The van der Waals surface area contributed by atoms with E-state index in [9.17, 15) is 0 Å². The van der Waals surface area contributed by atoms with Crippen LogP contribution in [0.2, 0.25) is 0 Å². The number of likely N-dealkylation sites (N-methyl/N-ethyl adjacent to an activating group) is 1. The van der Waals surface area contributed by atoms with Gasteiger partial charge in [-0.25, -0.2) is 9.97 Å². The van der Waals surface area contributed by atoms with Crippen LogP contribution in [0.4, 0.5) is 5.82 Å². The predicted octanol–water partition coefficient (Wildman–Crippen LogP) is 1.79. The summed E-state index contributed by atoms with van der Waals surface area (Å²) in [6.45, 7) is 5.64. The summed E-state index contributed by atoms with van der Waals surface area (Å²) in [5.74, 6) is 1.89. The highest BCUT2D eigenvalue weighted by atomic mass is 16.5. The Balaban J connectivity index is 1.92. The molecule has 1 aromatic heterocycles. The smallest absolute Gasteiger partial charge is 0.161 e. The Hall–Kier alpha value is -1.20. The van der Waals surface area contributed by atoms with Crippen molar-refractivity contribution in [1.29, 1.82) is 0 Å². The first-order valence-electron chi connectivity index (χ1n) is 7.71.